The first kappa shape index (κ1) is 16.5. The van der Waals surface area contributed by atoms with E-state index >= 15 is 0 Å². The summed E-state index contributed by atoms with van der Waals surface area (Å²) in [5, 5.41) is 8.53. The van der Waals surface area contributed by atoms with Crippen molar-refractivity contribution in [2.75, 3.05) is 0 Å². The van der Waals surface area contributed by atoms with Gasteiger partial charge in [0.2, 0.25) is 5.91 Å². The molecule has 0 saturated heterocycles. The Morgan fingerprint density at radius 1 is 1.29 bits per heavy atom. The highest BCUT2D eigenvalue weighted by Crippen LogP contribution is 2.24. The lowest BCUT2D eigenvalue weighted by Gasteiger charge is -1.97. The van der Waals surface area contributed by atoms with Crippen LogP contribution in [-0.4, -0.2) is 17.1 Å². The molecule has 1 N–H and O–H groups in total. The van der Waals surface area contributed by atoms with E-state index in [1.807, 2.05) is 23.8 Å². The molecule has 24 heavy (non-hydrogen) atoms. The van der Waals surface area contributed by atoms with Crippen molar-refractivity contribution in [2.24, 2.45) is 5.10 Å². The van der Waals surface area contributed by atoms with Gasteiger partial charge in [0.25, 0.3) is 0 Å². The molecule has 2 aromatic heterocycles. The topological polar surface area (TPSA) is 54.4 Å². The molecule has 0 atom stereocenters. The highest BCUT2D eigenvalue weighted by molar-refractivity contribution is 7.13. The van der Waals surface area contributed by atoms with Crippen molar-refractivity contribution in [3.05, 3.63) is 63.0 Å². The van der Waals surface area contributed by atoms with Crippen molar-refractivity contribution in [3.8, 4) is 10.6 Å². The number of carbonyl (C=O) groups is 1. The molecule has 3 rings (SSSR count). The number of hydrogen-bond acceptors (Lipinski definition) is 5. The lowest BCUT2D eigenvalue weighted by Crippen LogP contribution is -2.19. The number of aromatic nitrogens is 1. The molecule has 0 aliphatic heterocycles. The molecule has 0 saturated carbocycles. The Balaban J connectivity index is 1.58. The third-order valence-electron chi connectivity index (χ3n) is 3.26. The molecule has 0 aliphatic rings. The van der Waals surface area contributed by atoms with Crippen molar-refractivity contribution >= 4 is 34.8 Å². The van der Waals surface area contributed by atoms with Gasteiger partial charge in [-0.25, -0.2) is 14.8 Å². The minimum Gasteiger partial charge on any atom is -0.273 e. The van der Waals surface area contributed by atoms with Crippen LogP contribution in [0.3, 0.4) is 0 Å². The highest BCUT2D eigenvalue weighted by atomic mass is 32.1. The number of aryl methyl sites for hydroxylation is 1. The molecule has 0 bridgehead atoms. The summed E-state index contributed by atoms with van der Waals surface area (Å²) in [5.41, 5.74) is 5.13. The molecule has 2 heterocycles. The van der Waals surface area contributed by atoms with Crippen LogP contribution >= 0.6 is 22.7 Å². The fraction of sp³-hybridized carbons (Fsp3) is 0.118. The van der Waals surface area contributed by atoms with Crippen LogP contribution in [0.4, 0.5) is 4.39 Å². The fourth-order valence-electron chi connectivity index (χ4n) is 2.00. The molecule has 1 aromatic carbocycles. The third-order valence-corrected chi connectivity index (χ3v) is 5.15. The molecule has 0 aliphatic carbocycles. The summed E-state index contributed by atoms with van der Waals surface area (Å²) < 4.78 is 12.9. The Hall–Kier alpha value is -2.38. The lowest BCUT2D eigenvalue weighted by molar-refractivity contribution is -0.120. The molecule has 4 nitrogen and oxygen atoms in total. The predicted molar refractivity (Wildman–Crippen MR) is 96.0 cm³/mol. The number of rotatable bonds is 5. The number of halogens is 1. The van der Waals surface area contributed by atoms with Crippen LogP contribution in [-0.2, 0) is 11.2 Å². The normalized spacial score (nSPS) is 11.1. The second kappa shape index (κ2) is 7.46. The first-order valence-electron chi connectivity index (χ1n) is 7.18. The third kappa shape index (κ3) is 4.12. The number of hydrogen-bond donors (Lipinski definition) is 1. The number of thiazole rings is 1. The maximum Gasteiger partial charge on any atom is 0.246 e. The molecule has 0 fully saturated rings. The smallest absolute Gasteiger partial charge is 0.246 e. The van der Waals surface area contributed by atoms with Crippen LogP contribution < -0.4 is 5.43 Å². The number of carbonyl (C=O) groups excluding carboxylic acids is 1. The van der Waals surface area contributed by atoms with E-state index in [4.69, 9.17) is 0 Å². The van der Waals surface area contributed by atoms with Gasteiger partial charge in [-0.2, -0.15) is 5.10 Å². The molecular weight excluding hydrogens is 345 g/mol. The van der Waals surface area contributed by atoms with Crippen molar-refractivity contribution in [1.29, 1.82) is 0 Å². The Bertz CT molecular complexity index is 868. The summed E-state index contributed by atoms with van der Waals surface area (Å²) in [6, 6.07) is 8.13. The van der Waals surface area contributed by atoms with Gasteiger partial charge in [-0.3, -0.25) is 4.79 Å². The van der Waals surface area contributed by atoms with E-state index in [0.717, 1.165) is 21.0 Å². The quantitative estimate of drug-likeness (QED) is 0.553. The zero-order valence-electron chi connectivity index (χ0n) is 12.8. The maximum atomic E-state index is 12.9. The fourth-order valence-corrected chi connectivity index (χ4v) is 3.61. The second-order valence-electron chi connectivity index (χ2n) is 5.09. The molecule has 3 aromatic rings. The molecule has 122 valence electrons. The monoisotopic (exact) mass is 359 g/mol. The standard InChI is InChI=1S/C17H14FN3OS2/c1-11-6-7-23-15(11)9-19-21-16(22)8-14-10-24-17(20-14)12-2-4-13(18)5-3-12/h2-7,9-10H,8H2,1H3,(H,21,22)/b19-9-. The lowest BCUT2D eigenvalue weighted by atomic mass is 10.2. The minimum atomic E-state index is -0.284. The largest absolute Gasteiger partial charge is 0.273 e. The Kier molecular flexibility index (Phi) is 5.12. The summed E-state index contributed by atoms with van der Waals surface area (Å²) in [4.78, 5) is 17.3. The van der Waals surface area contributed by atoms with Gasteiger partial charge in [0.1, 0.15) is 10.8 Å². The second-order valence-corrected chi connectivity index (χ2v) is 6.89. The number of nitrogens with one attached hydrogen (secondary N) is 1. The van der Waals surface area contributed by atoms with Crippen molar-refractivity contribution in [2.45, 2.75) is 13.3 Å². The van der Waals surface area contributed by atoms with Gasteiger partial charge < -0.3 is 0 Å². The van der Waals surface area contributed by atoms with Crippen LogP contribution in [0.25, 0.3) is 10.6 Å². The van der Waals surface area contributed by atoms with E-state index in [9.17, 15) is 9.18 Å². The van der Waals surface area contributed by atoms with Gasteiger partial charge in [-0.15, -0.1) is 22.7 Å². The van der Waals surface area contributed by atoms with E-state index in [2.05, 4.69) is 15.5 Å². The molecule has 0 spiro atoms. The van der Waals surface area contributed by atoms with Gasteiger partial charge in [-0.05, 0) is 48.2 Å². The SMILES string of the molecule is Cc1ccsc1/C=N\NC(=O)Cc1csc(-c2ccc(F)cc2)n1. The number of nitrogens with zero attached hydrogens (tertiary/aromatic N) is 2. The minimum absolute atomic E-state index is 0.151. The van der Waals surface area contributed by atoms with E-state index in [0.29, 0.717) is 5.69 Å². The summed E-state index contributed by atoms with van der Waals surface area (Å²) in [6.45, 7) is 1.99. The van der Waals surface area contributed by atoms with Crippen molar-refractivity contribution < 1.29 is 9.18 Å². The number of thiophene rings is 1. The summed E-state index contributed by atoms with van der Waals surface area (Å²) in [6.07, 6.45) is 1.79. The summed E-state index contributed by atoms with van der Waals surface area (Å²) in [7, 11) is 0. The van der Waals surface area contributed by atoms with Gasteiger partial charge in [-0.1, -0.05) is 0 Å². The van der Waals surface area contributed by atoms with E-state index in [1.165, 1.54) is 23.5 Å². The number of amides is 1. The summed E-state index contributed by atoms with van der Waals surface area (Å²) >= 11 is 2.99. The zero-order chi connectivity index (χ0) is 16.9. The van der Waals surface area contributed by atoms with E-state index in [1.54, 1.807) is 29.7 Å². The van der Waals surface area contributed by atoms with Gasteiger partial charge >= 0.3 is 0 Å². The van der Waals surface area contributed by atoms with E-state index < -0.39 is 0 Å². The van der Waals surface area contributed by atoms with Gasteiger partial charge in [0, 0.05) is 15.8 Å². The van der Waals surface area contributed by atoms with E-state index in [-0.39, 0.29) is 18.1 Å². The maximum absolute atomic E-state index is 12.9. The van der Waals surface area contributed by atoms with Crippen LogP contribution in [0.15, 0.2) is 46.2 Å². The van der Waals surface area contributed by atoms with Gasteiger partial charge in [0.15, 0.2) is 0 Å². The van der Waals surface area contributed by atoms with Crippen LogP contribution in [0.2, 0.25) is 0 Å². The Morgan fingerprint density at radius 3 is 2.79 bits per heavy atom. The average Bonchev–Trinajstić information content (AvgIpc) is 3.18. The predicted octanol–water partition coefficient (Wildman–Crippen LogP) is 4.01. The van der Waals surface area contributed by atoms with Crippen molar-refractivity contribution in [3.63, 3.8) is 0 Å². The average molecular weight is 359 g/mol. The number of hydrazone groups is 1. The van der Waals surface area contributed by atoms with Crippen LogP contribution in [0, 0.1) is 12.7 Å². The van der Waals surface area contributed by atoms with Crippen molar-refractivity contribution in [1.82, 2.24) is 10.4 Å². The molecule has 1 amide bonds. The zero-order valence-corrected chi connectivity index (χ0v) is 14.5. The Morgan fingerprint density at radius 2 is 2.08 bits per heavy atom. The first-order valence-corrected chi connectivity index (χ1v) is 8.94. The number of benzene rings is 1. The first-order chi connectivity index (χ1) is 11.6. The molecule has 7 heteroatoms. The highest BCUT2D eigenvalue weighted by Gasteiger charge is 2.09. The van der Waals surface area contributed by atoms with Gasteiger partial charge in [0.05, 0.1) is 18.3 Å². The molecular formula is C17H14FN3OS2. The van der Waals surface area contributed by atoms with Crippen LogP contribution in [0.5, 0.6) is 0 Å². The van der Waals surface area contributed by atoms with Crippen LogP contribution in [0.1, 0.15) is 16.1 Å². The molecule has 0 radical (unpaired) electrons. The Labute approximate surface area is 146 Å². The molecule has 0 unspecified atom stereocenters. The summed E-state index contributed by atoms with van der Waals surface area (Å²) in [5.74, 6) is -0.509.